The van der Waals surface area contributed by atoms with E-state index in [9.17, 15) is 0 Å². The molecule has 0 nitrogen and oxygen atoms in total. The van der Waals surface area contributed by atoms with Gasteiger partial charge in [0.1, 0.15) is 0 Å². The molecule has 1 rings (SSSR count). The van der Waals surface area contributed by atoms with E-state index in [2.05, 4.69) is 39.7 Å². The van der Waals surface area contributed by atoms with Crippen LogP contribution in [0.25, 0.3) is 0 Å². The summed E-state index contributed by atoms with van der Waals surface area (Å²) < 4.78 is 0. The first-order valence-electron chi connectivity index (χ1n) is 6.43. The van der Waals surface area contributed by atoms with Crippen LogP contribution < -0.4 is 0 Å². The Balaban J connectivity index is 2.97. The monoisotopic (exact) mass is 202 g/mol. The third-order valence-corrected chi connectivity index (χ3v) is 2.91. The average molecular weight is 202 g/mol. The molecular weight excluding hydrogens is 179 g/mol. The van der Waals surface area contributed by atoms with Gasteiger partial charge in [-0.3, -0.25) is 0 Å². The summed E-state index contributed by atoms with van der Waals surface area (Å²) in [6, 6.07) is 2.31. The molecular formula is C14H23B. The van der Waals surface area contributed by atoms with Crippen LogP contribution >= 0.6 is 0 Å². The predicted molar refractivity (Wildman–Crippen MR) is 69.8 cm³/mol. The molecule has 1 aromatic heterocycles. The molecule has 15 heavy (non-hydrogen) atoms. The van der Waals surface area contributed by atoms with Crippen LogP contribution in [0.2, 0.25) is 0 Å². The minimum atomic E-state index is 1.24. The molecule has 0 aliphatic carbocycles. The maximum absolute atomic E-state index is 2.31. The van der Waals surface area contributed by atoms with Gasteiger partial charge >= 0.3 is 94.8 Å². The molecule has 0 aliphatic heterocycles. The Morgan fingerprint density at radius 1 is 0.933 bits per heavy atom. The van der Waals surface area contributed by atoms with Gasteiger partial charge < -0.3 is 0 Å². The summed E-state index contributed by atoms with van der Waals surface area (Å²) >= 11 is 0. The van der Waals surface area contributed by atoms with Crippen molar-refractivity contribution in [3.05, 3.63) is 28.6 Å². The molecule has 0 aliphatic rings. The number of hydrogen-bond acceptors (Lipinski definition) is 0. The SMILES string of the molecule is CCCc1bccc(CCC)c1CCC. The van der Waals surface area contributed by atoms with E-state index in [1.807, 2.05) is 0 Å². The van der Waals surface area contributed by atoms with Crippen LogP contribution in [-0.4, -0.2) is 6.91 Å². The zero-order valence-electron chi connectivity index (χ0n) is 10.5. The summed E-state index contributed by atoms with van der Waals surface area (Å²) in [5.41, 5.74) is 4.82. The summed E-state index contributed by atoms with van der Waals surface area (Å²) in [5.74, 6) is 2.23. The predicted octanol–water partition coefficient (Wildman–Crippen LogP) is 3.88. The van der Waals surface area contributed by atoms with Gasteiger partial charge in [0.25, 0.3) is 0 Å². The van der Waals surface area contributed by atoms with Crippen molar-refractivity contribution in [2.24, 2.45) is 0 Å². The van der Waals surface area contributed by atoms with E-state index in [4.69, 9.17) is 0 Å². The molecule has 0 fully saturated rings. The molecule has 0 unspecified atom stereocenters. The van der Waals surface area contributed by atoms with Gasteiger partial charge in [-0.05, 0) is 0 Å². The summed E-state index contributed by atoms with van der Waals surface area (Å²) in [7, 11) is 0. The van der Waals surface area contributed by atoms with E-state index >= 15 is 0 Å². The molecule has 1 aromatic rings. The Kier molecular flexibility index (Phi) is 5.67. The Hall–Kier alpha value is -0.585. The third kappa shape index (κ3) is 3.48. The van der Waals surface area contributed by atoms with Gasteiger partial charge in [-0.2, -0.15) is 0 Å². The van der Waals surface area contributed by atoms with Crippen molar-refractivity contribution in [2.45, 2.75) is 59.3 Å². The normalized spacial score (nSPS) is 10.3. The molecule has 0 bridgehead atoms. The van der Waals surface area contributed by atoms with E-state index in [0.717, 1.165) is 0 Å². The van der Waals surface area contributed by atoms with Crippen LogP contribution in [0.4, 0.5) is 0 Å². The molecule has 0 saturated heterocycles. The van der Waals surface area contributed by atoms with Crippen molar-refractivity contribution >= 4 is 6.91 Å². The van der Waals surface area contributed by atoms with E-state index in [1.165, 1.54) is 38.5 Å². The van der Waals surface area contributed by atoms with Crippen LogP contribution in [-0.2, 0) is 19.3 Å². The van der Waals surface area contributed by atoms with Crippen LogP contribution in [0.15, 0.2) is 12.0 Å². The van der Waals surface area contributed by atoms with E-state index in [-0.39, 0.29) is 0 Å². The second kappa shape index (κ2) is 6.82. The molecule has 0 amide bonds. The quantitative estimate of drug-likeness (QED) is 0.656. The average Bonchev–Trinajstić information content (AvgIpc) is 2.23. The summed E-state index contributed by atoms with van der Waals surface area (Å²) in [6.07, 6.45) is 7.52. The Morgan fingerprint density at radius 2 is 1.60 bits per heavy atom. The van der Waals surface area contributed by atoms with E-state index in [0.29, 0.717) is 0 Å². The van der Waals surface area contributed by atoms with Gasteiger partial charge in [-0.1, -0.05) is 0 Å². The van der Waals surface area contributed by atoms with Gasteiger partial charge in [0.15, 0.2) is 0 Å². The Morgan fingerprint density at radius 3 is 2.20 bits per heavy atom. The van der Waals surface area contributed by atoms with Crippen LogP contribution in [0.3, 0.4) is 0 Å². The standard InChI is InChI=1S/C14H23B/c1-4-7-12-10-11-15-14(9-6-3)13(12)8-5-2/h10-11H,4-9H2,1-3H3. The Bertz CT molecular complexity index is 267. The fourth-order valence-corrected chi connectivity index (χ4v) is 2.27. The fourth-order valence-electron chi connectivity index (χ4n) is 2.27. The summed E-state index contributed by atoms with van der Waals surface area (Å²) in [5, 5.41) is 0. The van der Waals surface area contributed by atoms with Crippen LogP contribution in [0.5, 0.6) is 0 Å². The van der Waals surface area contributed by atoms with Crippen molar-refractivity contribution in [1.82, 2.24) is 0 Å². The first-order valence-corrected chi connectivity index (χ1v) is 6.43. The molecule has 0 N–H and O–H groups in total. The van der Waals surface area contributed by atoms with Gasteiger partial charge in [-0.25, -0.2) is 0 Å². The van der Waals surface area contributed by atoms with Gasteiger partial charge in [0.05, 0.1) is 0 Å². The van der Waals surface area contributed by atoms with E-state index < -0.39 is 0 Å². The van der Waals surface area contributed by atoms with Crippen molar-refractivity contribution in [3.63, 3.8) is 0 Å². The number of hydrogen-bond donors (Lipinski definition) is 0. The zero-order chi connectivity index (χ0) is 11.1. The van der Waals surface area contributed by atoms with Gasteiger partial charge in [0.2, 0.25) is 0 Å². The van der Waals surface area contributed by atoms with Gasteiger partial charge in [-0.15, -0.1) is 0 Å². The number of rotatable bonds is 6. The summed E-state index contributed by atoms with van der Waals surface area (Å²) in [6.45, 7) is 9.12. The van der Waals surface area contributed by atoms with Crippen molar-refractivity contribution in [2.75, 3.05) is 0 Å². The van der Waals surface area contributed by atoms with Crippen molar-refractivity contribution in [3.8, 4) is 0 Å². The van der Waals surface area contributed by atoms with Crippen molar-refractivity contribution in [1.29, 1.82) is 0 Å². The summed E-state index contributed by atoms with van der Waals surface area (Å²) in [4.78, 5) is 0. The molecule has 0 atom stereocenters. The minimum absolute atomic E-state index is 1.24. The second-order valence-electron chi connectivity index (χ2n) is 4.30. The second-order valence-corrected chi connectivity index (χ2v) is 4.30. The molecule has 1 heteroatoms. The topological polar surface area (TPSA) is 0 Å². The molecule has 0 spiro atoms. The maximum atomic E-state index is 2.31. The first-order chi connectivity index (χ1) is 7.33. The molecule has 0 radical (unpaired) electrons. The Labute approximate surface area is 95.3 Å². The molecule has 0 saturated carbocycles. The van der Waals surface area contributed by atoms with Crippen LogP contribution in [0.1, 0.15) is 56.6 Å². The molecule has 0 aromatic carbocycles. The molecule has 82 valence electrons. The van der Waals surface area contributed by atoms with Crippen molar-refractivity contribution < 1.29 is 0 Å². The fraction of sp³-hybridized carbons (Fsp3) is 0.643. The van der Waals surface area contributed by atoms with Gasteiger partial charge in [0, 0.05) is 0 Å². The third-order valence-electron chi connectivity index (χ3n) is 2.91. The van der Waals surface area contributed by atoms with E-state index in [1.54, 1.807) is 16.6 Å². The number of aryl methyl sites for hydroxylation is 2. The first kappa shape index (κ1) is 12.5. The molecule has 1 heterocycles. The van der Waals surface area contributed by atoms with Crippen LogP contribution in [0, 0.1) is 0 Å². The zero-order valence-corrected chi connectivity index (χ0v) is 10.5.